The van der Waals surface area contributed by atoms with E-state index in [1.165, 1.54) is 0 Å². The minimum atomic E-state index is -0.579. The van der Waals surface area contributed by atoms with E-state index in [9.17, 15) is 9.59 Å². The molecule has 2 aromatic carbocycles. The maximum Gasteiger partial charge on any atom is 0.338 e. The number of aryl methyl sites for hydroxylation is 1. The molecular weight excluding hydrogens is 420 g/mol. The molecule has 0 unspecified atom stereocenters. The molecule has 1 aromatic heterocycles. The number of rotatable bonds is 4. The summed E-state index contributed by atoms with van der Waals surface area (Å²) >= 11 is 9.21. The van der Waals surface area contributed by atoms with E-state index in [-0.39, 0.29) is 6.61 Å². The summed E-state index contributed by atoms with van der Waals surface area (Å²) in [6, 6.07) is 13.8. The molecule has 1 heterocycles. The summed E-state index contributed by atoms with van der Waals surface area (Å²) in [5, 5.41) is 3.86. The van der Waals surface area contributed by atoms with E-state index in [1.54, 1.807) is 36.4 Å². The molecule has 0 aliphatic carbocycles. The topological polar surface area (TPSA) is 68.3 Å². The van der Waals surface area contributed by atoms with Crippen molar-refractivity contribution < 1.29 is 14.3 Å². The molecule has 1 amide bonds. The van der Waals surface area contributed by atoms with Gasteiger partial charge in [-0.25, -0.2) is 9.78 Å². The molecule has 0 bridgehead atoms. The van der Waals surface area contributed by atoms with Crippen molar-refractivity contribution in [1.29, 1.82) is 0 Å². The number of halogens is 2. The Hall–Kier alpha value is -2.44. The summed E-state index contributed by atoms with van der Waals surface area (Å²) in [6.07, 6.45) is 0. The summed E-state index contributed by atoms with van der Waals surface area (Å²) < 4.78 is 6.01. The third-order valence-corrected chi connectivity index (χ3v) is 4.39. The summed E-state index contributed by atoms with van der Waals surface area (Å²) in [7, 11) is 0. The second-order valence-corrected chi connectivity index (χ2v) is 6.93. The first kappa shape index (κ1) is 18.4. The Kier molecular flexibility index (Phi) is 5.54. The van der Waals surface area contributed by atoms with Gasteiger partial charge in [0.25, 0.3) is 5.91 Å². The number of benzene rings is 2. The Balaban J connectivity index is 1.63. The van der Waals surface area contributed by atoms with Crippen molar-refractivity contribution in [1.82, 2.24) is 4.98 Å². The van der Waals surface area contributed by atoms with Crippen LogP contribution in [-0.4, -0.2) is 23.5 Å². The van der Waals surface area contributed by atoms with Crippen LogP contribution in [0, 0.1) is 6.92 Å². The lowest BCUT2D eigenvalue weighted by molar-refractivity contribution is -0.119. The lowest BCUT2D eigenvalue weighted by Gasteiger charge is -2.09. The van der Waals surface area contributed by atoms with E-state index in [4.69, 9.17) is 16.3 Å². The number of aromatic nitrogens is 1. The van der Waals surface area contributed by atoms with Gasteiger partial charge in [-0.05, 0) is 61.0 Å². The fourth-order valence-electron chi connectivity index (χ4n) is 2.40. The number of carbonyl (C=O) groups excluding carboxylic acids is 2. The normalized spacial score (nSPS) is 10.6. The van der Waals surface area contributed by atoms with Crippen LogP contribution >= 0.6 is 27.5 Å². The highest BCUT2D eigenvalue weighted by atomic mass is 79.9. The van der Waals surface area contributed by atoms with Crippen molar-refractivity contribution in [3.05, 3.63) is 69.3 Å². The number of nitrogens with zero attached hydrogens (tertiary/aromatic N) is 1. The second-order valence-electron chi connectivity index (χ2n) is 5.63. The number of anilines is 1. The highest BCUT2D eigenvalue weighted by Crippen LogP contribution is 2.20. The maximum absolute atomic E-state index is 12.2. The molecule has 3 aromatic rings. The molecule has 7 heteroatoms. The molecule has 26 heavy (non-hydrogen) atoms. The predicted molar refractivity (Wildman–Crippen MR) is 105 cm³/mol. The smallest absolute Gasteiger partial charge is 0.338 e. The number of carbonyl (C=O) groups is 2. The van der Waals surface area contributed by atoms with Crippen LogP contribution in [0.15, 0.2) is 53.0 Å². The molecule has 0 spiro atoms. The Morgan fingerprint density at radius 2 is 1.96 bits per heavy atom. The number of amides is 1. The minimum Gasteiger partial charge on any atom is -0.452 e. The van der Waals surface area contributed by atoms with Crippen LogP contribution in [0.4, 0.5) is 5.69 Å². The van der Waals surface area contributed by atoms with Crippen molar-refractivity contribution in [3.63, 3.8) is 0 Å². The Bertz CT molecular complexity index is 1010. The molecule has 0 aliphatic rings. The monoisotopic (exact) mass is 432 g/mol. The molecule has 0 aliphatic heterocycles. The highest BCUT2D eigenvalue weighted by molar-refractivity contribution is 9.10. The van der Waals surface area contributed by atoms with Gasteiger partial charge in [-0.2, -0.15) is 0 Å². The van der Waals surface area contributed by atoms with Crippen LogP contribution in [0.5, 0.6) is 0 Å². The molecular formula is C19H14BrClN2O3. The number of pyridine rings is 1. The number of hydrogen-bond donors (Lipinski definition) is 1. The van der Waals surface area contributed by atoms with E-state index < -0.39 is 11.9 Å². The Morgan fingerprint density at radius 3 is 2.73 bits per heavy atom. The van der Waals surface area contributed by atoms with E-state index >= 15 is 0 Å². The van der Waals surface area contributed by atoms with Crippen molar-refractivity contribution in [2.75, 3.05) is 11.9 Å². The minimum absolute atomic E-state index is 0.342. The van der Waals surface area contributed by atoms with Gasteiger partial charge in [-0.1, -0.05) is 27.5 Å². The number of esters is 1. The van der Waals surface area contributed by atoms with Crippen molar-refractivity contribution in [2.24, 2.45) is 0 Å². The Labute approximate surface area is 163 Å². The van der Waals surface area contributed by atoms with Gasteiger partial charge in [0.15, 0.2) is 6.61 Å². The zero-order chi connectivity index (χ0) is 18.7. The SMILES string of the molecule is Cc1cc(Br)ccc1NC(=O)COC(=O)c1ccc2nc(Cl)ccc2c1. The van der Waals surface area contributed by atoms with Crippen LogP contribution in [-0.2, 0) is 9.53 Å². The first-order chi connectivity index (χ1) is 12.4. The lowest BCUT2D eigenvalue weighted by Crippen LogP contribution is -2.21. The molecule has 0 saturated carbocycles. The van der Waals surface area contributed by atoms with Crippen LogP contribution in [0.25, 0.3) is 10.9 Å². The van der Waals surface area contributed by atoms with Crippen molar-refractivity contribution in [2.45, 2.75) is 6.92 Å². The van der Waals surface area contributed by atoms with Crippen LogP contribution in [0.2, 0.25) is 5.15 Å². The number of hydrogen-bond acceptors (Lipinski definition) is 4. The fraction of sp³-hybridized carbons (Fsp3) is 0.105. The number of fused-ring (bicyclic) bond motifs is 1. The molecule has 3 rings (SSSR count). The number of nitrogens with one attached hydrogen (secondary N) is 1. The van der Waals surface area contributed by atoms with Gasteiger partial charge < -0.3 is 10.1 Å². The first-order valence-electron chi connectivity index (χ1n) is 7.72. The number of ether oxygens (including phenoxy) is 1. The quantitative estimate of drug-likeness (QED) is 0.476. The average Bonchev–Trinajstić information content (AvgIpc) is 2.61. The zero-order valence-corrected chi connectivity index (χ0v) is 16.1. The Morgan fingerprint density at radius 1 is 1.15 bits per heavy atom. The summed E-state index contributed by atoms with van der Waals surface area (Å²) in [4.78, 5) is 28.3. The van der Waals surface area contributed by atoms with E-state index in [0.717, 1.165) is 15.4 Å². The van der Waals surface area contributed by atoms with Crippen LogP contribution < -0.4 is 5.32 Å². The first-order valence-corrected chi connectivity index (χ1v) is 8.89. The van der Waals surface area contributed by atoms with Gasteiger partial charge in [-0.15, -0.1) is 0 Å². The molecule has 0 saturated heterocycles. The molecule has 5 nitrogen and oxygen atoms in total. The van der Waals surface area contributed by atoms with E-state index in [0.29, 0.717) is 21.9 Å². The van der Waals surface area contributed by atoms with Gasteiger partial charge in [0, 0.05) is 15.5 Å². The van der Waals surface area contributed by atoms with E-state index in [2.05, 4.69) is 26.2 Å². The standard InChI is InChI=1S/C19H14BrClN2O3/c1-11-8-14(20)4-6-15(11)23-18(24)10-26-19(25)13-2-5-16-12(9-13)3-7-17(21)22-16/h2-9H,10H2,1H3,(H,23,24). The van der Waals surface area contributed by atoms with Crippen LogP contribution in [0.1, 0.15) is 15.9 Å². The van der Waals surface area contributed by atoms with Crippen LogP contribution in [0.3, 0.4) is 0 Å². The molecule has 1 N–H and O–H groups in total. The fourth-order valence-corrected chi connectivity index (χ4v) is 3.03. The van der Waals surface area contributed by atoms with E-state index in [1.807, 2.05) is 19.1 Å². The molecule has 0 atom stereocenters. The average molecular weight is 434 g/mol. The summed E-state index contributed by atoms with van der Waals surface area (Å²) in [5.74, 6) is -0.984. The third-order valence-electron chi connectivity index (χ3n) is 3.69. The second kappa shape index (κ2) is 7.85. The summed E-state index contributed by atoms with van der Waals surface area (Å²) in [6.45, 7) is 1.51. The third kappa shape index (κ3) is 4.39. The van der Waals surface area contributed by atoms with Crippen molar-refractivity contribution >= 4 is 56.0 Å². The molecule has 0 radical (unpaired) electrons. The van der Waals surface area contributed by atoms with Gasteiger partial charge >= 0.3 is 5.97 Å². The molecule has 0 fully saturated rings. The van der Waals surface area contributed by atoms with Crippen molar-refractivity contribution in [3.8, 4) is 0 Å². The maximum atomic E-state index is 12.2. The van der Waals surface area contributed by atoms with Gasteiger partial charge in [0.05, 0.1) is 11.1 Å². The lowest BCUT2D eigenvalue weighted by atomic mass is 10.1. The zero-order valence-electron chi connectivity index (χ0n) is 13.8. The molecule has 132 valence electrons. The van der Waals surface area contributed by atoms with Gasteiger partial charge in [0.2, 0.25) is 0 Å². The predicted octanol–water partition coefficient (Wildman–Crippen LogP) is 4.75. The van der Waals surface area contributed by atoms with Gasteiger partial charge in [-0.3, -0.25) is 4.79 Å². The highest BCUT2D eigenvalue weighted by Gasteiger charge is 2.12. The van der Waals surface area contributed by atoms with Gasteiger partial charge in [0.1, 0.15) is 5.15 Å². The summed E-state index contributed by atoms with van der Waals surface area (Å²) in [5.41, 5.74) is 2.59. The largest absolute Gasteiger partial charge is 0.452 e.